The quantitative estimate of drug-likeness (QED) is 0.906. The van der Waals surface area contributed by atoms with Crippen LogP contribution in [0, 0.1) is 0 Å². The van der Waals surface area contributed by atoms with Gasteiger partial charge in [-0.2, -0.15) is 0 Å². The largest absolute Gasteiger partial charge is 0.453 e. The van der Waals surface area contributed by atoms with Crippen molar-refractivity contribution in [2.75, 3.05) is 14.2 Å². The van der Waals surface area contributed by atoms with Crippen molar-refractivity contribution in [2.45, 2.75) is 31.8 Å². The summed E-state index contributed by atoms with van der Waals surface area (Å²) in [6.07, 6.45) is 1.14. The highest BCUT2D eigenvalue weighted by molar-refractivity contribution is 5.85. The molecule has 1 atom stereocenters. The van der Waals surface area contributed by atoms with E-state index in [0.29, 0.717) is 0 Å². The fraction of sp³-hybridized carbons (Fsp3) is 0.467. The summed E-state index contributed by atoms with van der Waals surface area (Å²) >= 11 is 0. The fourth-order valence-corrected chi connectivity index (χ4v) is 2.59. The number of amides is 2. The molecular weight excluding hydrogens is 256 g/mol. The Morgan fingerprint density at radius 2 is 1.85 bits per heavy atom. The van der Waals surface area contributed by atoms with Crippen LogP contribution in [-0.4, -0.2) is 43.1 Å². The van der Waals surface area contributed by atoms with Crippen molar-refractivity contribution in [3.63, 3.8) is 0 Å². The van der Waals surface area contributed by atoms with Crippen molar-refractivity contribution in [1.82, 2.24) is 10.2 Å². The normalized spacial score (nSPS) is 15.3. The molecule has 0 heterocycles. The van der Waals surface area contributed by atoms with Crippen LogP contribution in [0.25, 0.3) is 0 Å². The molecule has 0 aromatic heterocycles. The van der Waals surface area contributed by atoms with Gasteiger partial charge in [0.2, 0.25) is 5.91 Å². The highest BCUT2D eigenvalue weighted by Crippen LogP contribution is 2.24. The summed E-state index contributed by atoms with van der Waals surface area (Å²) in [6.45, 7) is 1.66. The number of fused-ring (bicyclic) bond motifs is 1. The van der Waals surface area contributed by atoms with Crippen LogP contribution in [0.5, 0.6) is 0 Å². The standard InChI is InChI=1S/C15H20N2O3/c1-10(16-15(19)20-3)14(18)17(2)13-8-11-6-4-5-7-12(11)9-13/h4-7,10,13H,8-9H2,1-3H3,(H,16,19)/t10-/m0/s1. The second-order valence-corrected chi connectivity index (χ2v) is 5.14. The van der Waals surface area contributed by atoms with Gasteiger partial charge in [0.05, 0.1) is 7.11 Å². The van der Waals surface area contributed by atoms with Crippen LogP contribution >= 0.6 is 0 Å². The first-order valence-electron chi connectivity index (χ1n) is 6.71. The zero-order valence-electron chi connectivity index (χ0n) is 12.1. The Morgan fingerprint density at radius 3 is 2.35 bits per heavy atom. The van der Waals surface area contributed by atoms with Gasteiger partial charge in [-0.3, -0.25) is 4.79 Å². The van der Waals surface area contributed by atoms with Gasteiger partial charge in [0.1, 0.15) is 6.04 Å². The monoisotopic (exact) mass is 276 g/mol. The van der Waals surface area contributed by atoms with Gasteiger partial charge in [-0.15, -0.1) is 0 Å². The molecule has 5 nitrogen and oxygen atoms in total. The first-order chi connectivity index (χ1) is 9.52. The lowest BCUT2D eigenvalue weighted by molar-refractivity contribution is -0.133. The van der Waals surface area contributed by atoms with Gasteiger partial charge in [0.15, 0.2) is 0 Å². The number of hydrogen-bond acceptors (Lipinski definition) is 3. The van der Waals surface area contributed by atoms with E-state index in [2.05, 4.69) is 22.2 Å². The number of benzene rings is 1. The third-order valence-corrected chi connectivity index (χ3v) is 3.81. The lowest BCUT2D eigenvalue weighted by Gasteiger charge is -2.27. The maximum absolute atomic E-state index is 12.3. The molecule has 0 bridgehead atoms. The van der Waals surface area contributed by atoms with Crippen molar-refractivity contribution >= 4 is 12.0 Å². The molecular formula is C15H20N2O3. The van der Waals surface area contributed by atoms with Gasteiger partial charge in [-0.25, -0.2) is 4.79 Å². The topological polar surface area (TPSA) is 58.6 Å². The van der Waals surface area contributed by atoms with Crippen LogP contribution < -0.4 is 5.32 Å². The van der Waals surface area contributed by atoms with E-state index in [1.165, 1.54) is 18.2 Å². The molecule has 108 valence electrons. The minimum atomic E-state index is -0.589. The van der Waals surface area contributed by atoms with Crippen molar-refractivity contribution in [1.29, 1.82) is 0 Å². The number of ether oxygens (including phenoxy) is 1. The van der Waals surface area contributed by atoms with Gasteiger partial charge in [-0.1, -0.05) is 24.3 Å². The summed E-state index contributed by atoms with van der Waals surface area (Å²) in [4.78, 5) is 25.2. The molecule has 5 heteroatoms. The van der Waals surface area contributed by atoms with E-state index in [1.807, 2.05) is 12.1 Å². The van der Waals surface area contributed by atoms with E-state index in [0.717, 1.165) is 12.8 Å². The van der Waals surface area contributed by atoms with Gasteiger partial charge in [0.25, 0.3) is 0 Å². The predicted molar refractivity (Wildman–Crippen MR) is 75.4 cm³/mol. The Balaban J connectivity index is 1.97. The first-order valence-corrected chi connectivity index (χ1v) is 6.71. The smallest absolute Gasteiger partial charge is 0.407 e. The number of likely N-dealkylation sites (N-methyl/N-ethyl adjacent to an activating group) is 1. The SMILES string of the molecule is COC(=O)N[C@@H](C)C(=O)N(C)C1Cc2ccccc2C1. The van der Waals surface area contributed by atoms with Crippen LogP contribution in [0.4, 0.5) is 4.79 Å². The van der Waals surface area contributed by atoms with Gasteiger partial charge < -0.3 is 15.0 Å². The summed E-state index contributed by atoms with van der Waals surface area (Å²) in [5, 5.41) is 2.50. The Morgan fingerprint density at radius 1 is 1.30 bits per heavy atom. The fourth-order valence-electron chi connectivity index (χ4n) is 2.59. The van der Waals surface area contributed by atoms with E-state index in [4.69, 9.17) is 0 Å². The van der Waals surface area contributed by atoms with Crippen LogP contribution in [-0.2, 0) is 22.4 Å². The Bertz CT molecular complexity index is 491. The molecule has 0 aliphatic heterocycles. The van der Waals surface area contributed by atoms with E-state index >= 15 is 0 Å². The summed E-state index contributed by atoms with van der Waals surface area (Å²) in [5.41, 5.74) is 2.59. The number of hydrogen-bond donors (Lipinski definition) is 1. The lowest BCUT2D eigenvalue weighted by atomic mass is 10.1. The molecule has 0 unspecified atom stereocenters. The number of methoxy groups -OCH3 is 1. The Kier molecular flexibility index (Phi) is 4.27. The second kappa shape index (κ2) is 5.94. The molecule has 1 aromatic carbocycles. The van der Waals surface area contributed by atoms with Crippen LogP contribution in [0.3, 0.4) is 0 Å². The molecule has 1 aliphatic carbocycles. The zero-order valence-corrected chi connectivity index (χ0v) is 12.1. The predicted octanol–water partition coefficient (Wildman–Crippen LogP) is 1.36. The number of carbonyl (C=O) groups excluding carboxylic acids is 2. The molecule has 1 aromatic rings. The van der Waals surface area contributed by atoms with Crippen LogP contribution in [0.15, 0.2) is 24.3 Å². The first kappa shape index (κ1) is 14.4. The Labute approximate surface area is 118 Å². The zero-order chi connectivity index (χ0) is 14.7. The molecule has 0 spiro atoms. The van der Waals surface area contributed by atoms with Gasteiger partial charge in [-0.05, 0) is 30.9 Å². The molecule has 1 N–H and O–H groups in total. The average Bonchev–Trinajstić information content (AvgIpc) is 2.89. The molecule has 2 amide bonds. The number of nitrogens with zero attached hydrogens (tertiary/aromatic N) is 1. The van der Waals surface area contributed by atoms with Crippen molar-refractivity contribution < 1.29 is 14.3 Å². The van der Waals surface area contributed by atoms with E-state index < -0.39 is 12.1 Å². The summed E-state index contributed by atoms with van der Waals surface area (Å²) in [5.74, 6) is -0.104. The molecule has 20 heavy (non-hydrogen) atoms. The van der Waals surface area contributed by atoms with E-state index in [9.17, 15) is 9.59 Å². The average molecular weight is 276 g/mol. The van der Waals surface area contributed by atoms with Crippen LogP contribution in [0.1, 0.15) is 18.1 Å². The number of carbonyl (C=O) groups is 2. The van der Waals surface area contributed by atoms with Crippen LogP contribution in [0.2, 0.25) is 0 Å². The third kappa shape index (κ3) is 2.92. The molecule has 1 aliphatic rings. The maximum Gasteiger partial charge on any atom is 0.407 e. The number of alkyl carbamates (subject to hydrolysis) is 1. The number of rotatable bonds is 3. The lowest BCUT2D eigenvalue weighted by Crippen LogP contribution is -2.49. The molecule has 0 saturated heterocycles. The Hall–Kier alpha value is -2.04. The maximum atomic E-state index is 12.3. The summed E-state index contributed by atoms with van der Waals surface area (Å²) < 4.78 is 4.51. The van der Waals surface area contributed by atoms with Crippen molar-refractivity contribution in [3.8, 4) is 0 Å². The van der Waals surface area contributed by atoms with Crippen molar-refractivity contribution in [3.05, 3.63) is 35.4 Å². The highest BCUT2D eigenvalue weighted by atomic mass is 16.5. The minimum absolute atomic E-state index is 0.104. The van der Waals surface area contributed by atoms with Crippen molar-refractivity contribution in [2.24, 2.45) is 0 Å². The van der Waals surface area contributed by atoms with Gasteiger partial charge >= 0.3 is 6.09 Å². The third-order valence-electron chi connectivity index (χ3n) is 3.81. The van der Waals surface area contributed by atoms with E-state index in [-0.39, 0.29) is 11.9 Å². The highest BCUT2D eigenvalue weighted by Gasteiger charge is 2.29. The molecule has 0 saturated carbocycles. The molecule has 0 radical (unpaired) electrons. The number of nitrogens with one attached hydrogen (secondary N) is 1. The van der Waals surface area contributed by atoms with Gasteiger partial charge in [0, 0.05) is 13.1 Å². The van der Waals surface area contributed by atoms with E-state index in [1.54, 1.807) is 18.9 Å². The molecule has 0 fully saturated rings. The summed E-state index contributed by atoms with van der Waals surface area (Å²) in [6, 6.07) is 7.81. The summed E-state index contributed by atoms with van der Waals surface area (Å²) in [7, 11) is 3.07. The second-order valence-electron chi connectivity index (χ2n) is 5.14. The molecule has 2 rings (SSSR count). The minimum Gasteiger partial charge on any atom is -0.453 e.